The number of rotatable bonds is 6. The predicted octanol–water partition coefficient (Wildman–Crippen LogP) is 1.76. The number of carbonyl (C=O) groups excluding carboxylic acids is 1. The van der Waals surface area contributed by atoms with Crippen LogP contribution in [0.15, 0.2) is 28.7 Å². The highest BCUT2D eigenvalue weighted by molar-refractivity contribution is 7.09. The number of hydrogen-bond donors (Lipinski definition) is 2. The third-order valence-electron chi connectivity index (χ3n) is 5.14. The fourth-order valence-electron chi connectivity index (χ4n) is 3.59. The molecule has 1 aliphatic heterocycles. The van der Waals surface area contributed by atoms with Gasteiger partial charge >= 0.3 is 0 Å². The van der Waals surface area contributed by atoms with Crippen molar-refractivity contribution in [3.05, 3.63) is 40.0 Å². The van der Waals surface area contributed by atoms with Crippen molar-refractivity contribution >= 4 is 29.0 Å². The van der Waals surface area contributed by atoms with Crippen molar-refractivity contribution in [3.8, 4) is 0 Å². The zero-order chi connectivity index (χ0) is 20.8. The second-order valence-electron chi connectivity index (χ2n) is 7.26. The summed E-state index contributed by atoms with van der Waals surface area (Å²) in [6, 6.07) is 4.02. The van der Waals surface area contributed by atoms with Crippen LogP contribution in [0, 0.1) is 12.8 Å². The zero-order valence-electron chi connectivity index (χ0n) is 17.3. The van der Waals surface area contributed by atoms with E-state index in [9.17, 15) is 4.79 Å². The number of piperidine rings is 1. The fourth-order valence-corrected chi connectivity index (χ4v) is 4.19. The summed E-state index contributed by atoms with van der Waals surface area (Å²) >= 11 is 1.65. The van der Waals surface area contributed by atoms with Crippen molar-refractivity contribution < 1.29 is 4.79 Å². The van der Waals surface area contributed by atoms with E-state index < -0.39 is 0 Å². The molecule has 0 unspecified atom stereocenters. The molecule has 1 aliphatic rings. The number of guanidine groups is 1. The van der Waals surface area contributed by atoms with Gasteiger partial charge in [0.25, 0.3) is 0 Å². The molecule has 3 N–H and O–H groups in total. The summed E-state index contributed by atoms with van der Waals surface area (Å²) in [5, 5.41) is 6.57. The first-order chi connectivity index (χ1) is 14.0. The van der Waals surface area contributed by atoms with Crippen molar-refractivity contribution in [3.63, 3.8) is 0 Å². The summed E-state index contributed by atoms with van der Waals surface area (Å²) in [5.74, 6) is 1.53. The van der Waals surface area contributed by atoms with E-state index in [4.69, 9.17) is 5.73 Å². The highest BCUT2D eigenvalue weighted by Gasteiger charge is 2.25. The summed E-state index contributed by atoms with van der Waals surface area (Å²) in [4.78, 5) is 29.2. The van der Waals surface area contributed by atoms with E-state index in [1.165, 1.54) is 0 Å². The number of pyridine rings is 1. The number of carbonyl (C=O) groups is 1. The average Bonchev–Trinajstić information content (AvgIpc) is 3.13. The van der Waals surface area contributed by atoms with Gasteiger partial charge in [-0.25, -0.2) is 9.97 Å². The molecule has 0 aliphatic carbocycles. The number of hydrogen-bond acceptors (Lipinski definition) is 6. The quantitative estimate of drug-likeness (QED) is 0.551. The Labute approximate surface area is 175 Å². The topological polar surface area (TPSA) is 99.7 Å². The number of aromatic nitrogens is 2. The molecule has 0 spiro atoms. The molecule has 2 aromatic rings. The second-order valence-corrected chi connectivity index (χ2v) is 8.33. The van der Waals surface area contributed by atoms with Gasteiger partial charge in [0.1, 0.15) is 5.82 Å². The number of aliphatic imine (C=N–C) groups is 1. The largest absolute Gasteiger partial charge is 0.369 e. The van der Waals surface area contributed by atoms with Crippen molar-refractivity contribution in [1.29, 1.82) is 0 Å². The van der Waals surface area contributed by atoms with Gasteiger partial charge in [0.15, 0.2) is 5.96 Å². The molecule has 1 saturated heterocycles. The minimum Gasteiger partial charge on any atom is -0.369 e. The van der Waals surface area contributed by atoms with Gasteiger partial charge in [-0.1, -0.05) is 6.07 Å². The lowest BCUT2D eigenvalue weighted by atomic mass is 9.96. The van der Waals surface area contributed by atoms with Gasteiger partial charge in [0.2, 0.25) is 5.91 Å². The highest BCUT2D eigenvalue weighted by Crippen LogP contribution is 2.24. The fraction of sp³-hybridized carbons (Fsp3) is 0.500. The molecule has 156 valence electrons. The maximum atomic E-state index is 11.4. The Morgan fingerprint density at radius 1 is 1.45 bits per heavy atom. The smallest absolute Gasteiger partial charge is 0.220 e. The summed E-state index contributed by atoms with van der Waals surface area (Å²) in [6.07, 6.45) is 3.36. The molecule has 0 aromatic carbocycles. The highest BCUT2D eigenvalue weighted by atomic mass is 32.1. The number of anilines is 1. The molecule has 0 atom stereocenters. The number of primary amides is 1. The van der Waals surface area contributed by atoms with Crippen molar-refractivity contribution in [2.24, 2.45) is 16.6 Å². The summed E-state index contributed by atoms with van der Waals surface area (Å²) in [7, 11) is 3.78. The molecule has 0 bridgehead atoms. The van der Waals surface area contributed by atoms with E-state index in [1.807, 2.05) is 26.2 Å². The maximum absolute atomic E-state index is 11.4. The van der Waals surface area contributed by atoms with Gasteiger partial charge in [-0.3, -0.25) is 9.79 Å². The van der Waals surface area contributed by atoms with E-state index >= 15 is 0 Å². The Morgan fingerprint density at radius 3 is 2.83 bits per heavy atom. The third kappa shape index (κ3) is 5.44. The third-order valence-corrected chi connectivity index (χ3v) is 5.96. The molecule has 0 radical (unpaired) electrons. The molecule has 3 rings (SSSR count). The Bertz CT molecular complexity index is 858. The molecule has 29 heavy (non-hydrogen) atoms. The van der Waals surface area contributed by atoms with Crippen LogP contribution in [-0.4, -0.2) is 53.9 Å². The monoisotopic (exact) mass is 415 g/mol. The van der Waals surface area contributed by atoms with Crippen LogP contribution in [0.4, 0.5) is 5.82 Å². The van der Waals surface area contributed by atoms with E-state index in [2.05, 4.69) is 41.5 Å². The Kier molecular flexibility index (Phi) is 7.03. The van der Waals surface area contributed by atoms with E-state index in [-0.39, 0.29) is 11.8 Å². The van der Waals surface area contributed by atoms with Crippen LogP contribution in [0.3, 0.4) is 0 Å². The number of aryl methyl sites for hydroxylation is 1. The van der Waals surface area contributed by atoms with Gasteiger partial charge in [0, 0.05) is 56.8 Å². The van der Waals surface area contributed by atoms with Crippen LogP contribution in [0.2, 0.25) is 0 Å². The van der Waals surface area contributed by atoms with Crippen LogP contribution < -0.4 is 16.0 Å². The molecular formula is C20H29N7OS. The SMILES string of the molecule is CN=C(NCc1cccnc1N1CCC(C(N)=O)CC1)N(C)Cc1csc(C)n1. The van der Waals surface area contributed by atoms with Crippen LogP contribution in [0.25, 0.3) is 0 Å². The normalized spacial score (nSPS) is 15.4. The molecule has 2 aromatic heterocycles. The minimum absolute atomic E-state index is 0.0293. The van der Waals surface area contributed by atoms with Gasteiger partial charge in [0.05, 0.1) is 17.2 Å². The zero-order valence-corrected chi connectivity index (χ0v) is 18.1. The lowest BCUT2D eigenvalue weighted by Crippen LogP contribution is -2.40. The van der Waals surface area contributed by atoms with Crippen LogP contribution in [0.5, 0.6) is 0 Å². The molecule has 3 heterocycles. The van der Waals surface area contributed by atoms with E-state index in [1.54, 1.807) is 18.4 Å². The lowest BCUT2D eigenvalue weighted by molar-refractivity contribution is -0.122. The first-order valence-corrected chi connectivity index (χ1v) is 10.7. The summed E-state index contributed by atoms with van der Waals surface area (Å²) < 4.78 is 0. The number of nitrogens with one attached hydrogen (secondary N) is 1. The van der Waals surface area contributed by atoms with Crippen LogP contribution in [-0.2, 0) is 17.9 Å². The van der Waals surface area contributed by atoms with Crippen LogP contribution in [0.1, 0.15) is 29.1 Å². The van der Waals surface area contributed by atoms with E-state index in [0.29, 0.717) is 13.1 Å². The standard InChI is InChI=1S/C20H29N7OS/c1-14-25-17(13-29-14)12-26(3)20(22-2)24-11-16-5-4-8-23-19(16)27-9-6-15(7-10-27)18(21)28/h4-5,8,13,15H,6-7,9-12H2,1-3H3,(H2,21,28)(H,22,24). The molecule has 9 heteroatoms. The second kappa shape index (κ2) is 9.69. The van der Waals surface area contributed by atoms with Crippen molar-refractivity contribution in [2.45, 2.75) is 32.9 Å². The summed E-state index contributed by atoms with van der Waals surface area (Å²) in [6.45, 7) is 4.90. The van der Waals surface area contributed by atoms with Crippen molar-refractivity contribution in [1.82, 2.24) is 20.2 Å². The first kappa shape index (κ1) is 21.0. The van der Waals surface area contributed by atoms with Gasteiger partial charge < -0.3 is 20.9 Å². The van der Waals surface area contributed by atoms with Crippen molar-refractivity contribution in [2.75, 3.05) is 32.1 Å². The predicted molar refractivity (Wildman–Crippen MR) is 117 cm³/mol. The number of amides is 1. The summed E-state index contributed by atoms with van der Waals surface area (Å²) in [5.41, 5.74) is 7.60. The average molecular weight is 416 g/mol. The van der Waals surface area contributed by atoms with Gasteiger partial charge in [-0.2, -0.15) is 0 Å². The number of nitrogens with zero attached hydrogens (tertiary/aromatic N) is 5. The molecule has 0 saturated carbocycles. The Morgan fingerprint density at radius 2 is 2.21 bits per heavy atom. The maximum Gasteiger partial charge on any atom is 0.220 e. The number of thiazole rings is 1. The van der Waals surface area contributed by atoms with Gasteiger partial charge in [-0.05, 0) is 25.8 Å². The molecular weight excluding hydrogens is 386 g/mol. The molecule has 1 amide bonds. The Hall–Kier alpha value is -2.68. The minimum atomic E-state index is -0.199. The Balaban J connectivity index is 1.62. The molecule has 1 fully saturated rings. The number of nitrogens with two attached hydrogens (primary N) is 1. The van der Waals surface area contributed by atoms with Gasteiger partial charge in [-0.15, -0.1) is 11.3 Å². The first-order valence-electron chi connectivity index (χ1n) is 9.79. The lowest BCUT2D eigenvalue weighted by Gasteiger charge is -2.32. The van der Waals surface area contributed by atoms with Crippen LogP contribution >= 0.6 is 11.3 Å². The molecule has 8 nitrogen and oxygen atoms in total. The van der Waals surface area contributed by atoms with E-state index in [0.717, 1.165) is 54.0 Å².